The number of nitrogens with two attached hydrogens (primary N) is 1. The van der Waals surface area contributed by atoms with Crippen LogP contribution in [-0.4, -0.2) is 11.1 Å². The van der Waals surface area contributed by atoms with Gasteiger partial charge in [0.15, 0.2) is 5.58 Å². The van der Waals surface area contributed by atoms with Gasteiger partial charge in [-0.2, -0.15) is 0 Å². The van der Waals surface area contributed by atoms with Crippen LogP contribution < -0.4 is 11.5 Å². The smallest absolute Gasteiger partial charge is 0.408 e. The van der Waals surface area contributed by atoms with Gasteiger partial charge < -0.3 is 10.2 Å². The minimum atomic E-state index is -0.339. The average Bonchev–Trinajstić information content (AvgIpc) is 3.02. The van der Waals surface area contributed by atoms with E-state index in [1.807, 2.05) is 30.3 Å². The molecule has 2 heterocycles. The first kappa shape index (κ1) is 12.7. The van der Waals surface area contributed by atoms with Gasteiger partial charge in [0.05, 0.1) is 23.5 Å². The van der Waals surface area contributed by atoms with Crippen LogP contribution in [0, 0.1) is 11.8 Å². The molecule has 0 unspecified atom stereocenters. The summed E-state index contributed by atoms with van der Waals surface area (Å²) in [7, 11) is 0. The lowest BCUT2D eigenvalue weighted by Gasteiger charge is -1.98. The lowest BCUT2D eigenvalue weighted by molar-refractivity contribution is 0.518. The standard InChI is InChI=1S/C15H12N2O2S/c16-9-3-4-11-7-8-12(20-11)10-17-13-5-1-2-6-14(13)19-15(17)18/h1-2,5-8H,9-10,16H2. The van der Waals surface area contributed by atoms with Gasteiger partial charge in [0.25, 0.3) is 0 Å². The number of hydrogen-bond acceptors (Lipinski definition) is 4. The van der Waals surface area contributed by atoms with E-state index in [0.29, 0.717) is 18.7 Å². The van der Waals surface area contributed by atoms with Crippen molar-refractivity contribution >= 4 is 22.4 Å². The Bertz CT molecular complexity index is 861. The summed E-state index contributed by atoms with van der Waals surface area (Å²) in [6.45, 7) is 0.837. The summed E-state index contributed by atoms with van der Waals surface area (Å²) in [5.41, 5.74) is 6.76. The monoisotopic (exact) mass is 284 g/mol. The molecular weight excluding hydrogens is 272 g/mol. The second-order valence-corrected chi connectivity index (χ2v) is 5.36. The van der Waals surface area contributed by atoms with Crippen molar-refractivity contribution in [3.63, 3.8) is 0 Å². The maximum absolute atomic E-state index is 11.9. The molecule has 0 saturated heterocycles. The third kappa shape index (κ3) is 2.39. The highest BCUT2D eigenvalue weighted by atomic mass is 32.1. The fourth-order valence-electron chi connectivity index (χ4n) is 1.99. The minimum Gasteiger partial charge on any atom is -0.408 e. The van der Waals surface area contributed by atoms with Gasteiger partial charge in [-0.25, -0.2) is 4.79 Å². The third-order valence-electron chi connectivity index (χ3n) is 2.86. The molecule has 0 bridgehead atoms. The number of rotatable bonds is 2. The summed E-state index contributed by atoms with van der Waals surface area (Å²) in [5.74, 6) is 5.47. The van der Waals surface area contributed by atoms with Gasteiger partial charge in [-0.05, 0) is 24.3 Å². The van der Waals surface area contributed by atoms with Crippen molar-refractivity contribution in [2.45, 2.75) is 6.54 Å². The summed E-state index contributed by atoms with van der Waals surface area (Å²) in [6.07, 6.45) is 0. The molecule has 20 heavy (non-hydrogen) atoms. The number of aromatic nitrogens is 1. The molecular formula is C15H12N2O2S. The molecule has 0 radical (unpaired) electrons. The van der Waals surface area contributed by atoms with Gasteiger partial charge in [-0.1, -0.05) is 24.0 Å². The summed E-state index contributed by atoms with van der Waals surface area (Å²) in [6, 6.07) is 11.3. The maximum Gasteiger partial charge on any atom is 0.420 e. The number of nitrogens with zero attached hydrogens (tertiary/aromatic N) is 1. The topological polar surface area (TPSA) is 61.2 Å². The van der Waals surface area contributed by atoms with E-state index in [0.717, 1.165) is 15.3 Å². The first-order chi connectivity index (χ1) is 9.78. The molecule has 0 aliphatic rings. The van der Waals surface area contributed by atoms with E-state index < -0.39 is 0 Å². The lowest BCUT2D eigenvalue weighted by atomic mass is 10.3. The Balaban J connectivity index is 1.95. The maximum atomic E-state index is 11.9. The van der Waals surface area contributed by atoms with Gasteiger partial charge in [-0.3, -0.25) is 4.57 Å². The molecule has 0 saturated carbocycles. The molecule has 100 valence electrons. The van der Waals surface area contributed by atoms with E-state index in [-0.39, 0.29) is 5.76 Å². The zero-order valence-corrected chi connectivity index (χ0v) is 11.4. The van der Waals surface area contributed by atoms with Crippen molar-refractivity contribution in [3.8, 4) is 11.8 Å². The van der Waals surface area contributed by atoms with Gasteiger partial charge in [0.1, 0.15) is 0 Å². The van der Waals surface area contributed by atoms with Crippen molar-refractivity contribution in [1.29, 1.82) is 0 Å². The highest BCUT2D eigenvalue weighted by molar-refractivity contribution is 7.12. The van der Waals surface area contributed by atoms with E-state index >= 15 is 0 Å². The van der Waals surface area contributed by atoms with E-state index in [1.165, 1.54) is 0 Å². The number of hydrogen-bond donors (Lipinski definition) is 1. The predicted molar refractivity (Wildman–Crippen MR) is 79.8 cm³/mol. The largest absolute Gasteiger partial charge is 0.420 e. The Labute approximate surface area is 119 Å². The number of para-hydroxylation sites is 2. The number of thiophene rings is 1. The fraction of sp³-hybridized carbons (Fsp3) is 0.133. The van der Waals surface area contributed by atoms with Gasteiger partial charge >= 0.3 is 5.76 Å². The van der Waals surface area contributed by atoms with Crippen LogP contribution in [0.15, 0.2) is 45.6 Å². The molecule has 4 nitrogen and oxygen atoms in total. The van der Waals surface area contributed by atoms with Gasteiger partial charge in [0.2, 0.25) is 0 Å². The molecule has 5 heteroatoms. The van der Waals surface area contributed by atoms with Crippen LogP contribution in [0.3, 0.4) is 0 Å². The quantitative estimate of drug-likeness (QED) is 0.732. The van der Waals surface area contributed by atoms with Gasteiger partial charge in [-0.15, -0.1) is 11.3 Å². The highest BCUT2D eigenvalue weighted by Gasteiger charge is 2.09. The van der Waals surface area contributed by atoms with E-state index in [1.54, 1.807) is 22.0 Å². The molecule has 0 aliphatic carbocycles. The van der Waals surface area contributed by atoms with E-state index in [9.17, 15) is 4.79 Å². The summed E-state index contributed by atoms with van der Waals surface area (Å²) >= 11 is 1.56. The van der Waals surface area contributed by atoms with Crippen molar-refractivity contribution in [1.82, 2.24) is 4.57 Å². The Morgan fingerprint density at radius 1 is 1.25 bits per heavy atom. The number of fused-ring (bicyclic) bond motifs is 1. The Hall–Kier alpha value is -2.29. The van der Waals surface area contributed by atoms with Crippen LogP contribution in [0.2, 0.25) is 0 Å². The SMILES string of the molecule is NCC#Cc1ccc(Cn2c(=O)oc3ccccc32)s1. The molecule has 0 aliphatic heterocycles. The van der Waals surface area contributed by atoms with Crippen molar-refractivity contribution in [3.05, 3.63) is 56.7 Å². The van der Waals surface area contributed by atoms with Crippen LogP contribution in [0.5, 0.6) is 0 Å². The zero-order valence-electron chi connectivity index (χ0n) is 10.6. The number of oxazole rings is 1. The molecule has 2 aromatic heterocycles. The molecule has 2 N–H and O–H groups in total. The first-order valence-electron chi connectivity index (χ1n) is 6.14. The Morgan fingerprint density at radius 3 is 2.95 bits per heavy atom. The second kappa shape index (κ2) is 5.37. The summed E-state index contributed by atoms with van der Waals surface area (Å²) in [4.78, 5) is 13.9. The molecule has 3 aromatic rings. The van der Waals surface area contributed by atoms with Crippen LogP contribution in [0.4, 0.5) is 0 Å². The average molecular weight is 284 g/mol. The van der Waals surface area contributed by atoms with Crippen LogP contribution in [0.25, 0.3) is 11.1 Å². The molecule has 0 atom stereocenters. The lowest BCUT2D eigenvalue weighted by Crippen LogP contribution is -2.14. The minimum absolute atomic E-state index is 0.339. The Kier molecular flexibility index (Phi) is 3.42. The molecule has 3 rings (SSSR count). The van der Waals surface area contributed by atoms with E-state index in [4.69, 9.17) is 10.2 Å². The van der Waals surface area contributed by atoms with Crippen LogP contribution in [0.1, 0.15) is 9.75 Å². The zero-order chi connectivity index (χ0) is 13.9. The second-order valence-electron chi connectivity index (χ2n) is 4.19. The fourth-order valence-corrected chi connectivity index (χ4v) is 2.86. The molecule has 0 amide bonds. The van der Waals surface area contributed by atoms with Crippen LogP contribution in [-0.2, 0) is 6.54 Å². The normalized spacial score (nSPS) is 10.4. The highest BCUT2D eigenvalue weighted by Crippen LogP contribution is 2.19. The molecule has 0 fully saturated rings. The van der Waals surface area contributed by atoms with Crippen LogP contribution >= 0.6 is 11.3 Å². The summed E-state index contributed by atoms with van der Waals surface area (Å²) in [5, 5.41) is 0. The van der Waals surface area contributed by atoms with E-state index in [2.05, 4.69) is 11.8 Å². The van der Waals surface area contributed by atoms with Gasteiger partial charge in [0, 0.05) is 4.88 Å². The summed E-state index contributed by atoms with van der Waals surface area (Å²) < 4.78 is 6.84. The first-order valence-corrected chi connectivity index (χ1v) is 6.95. The Morgan fingerprint density at radius 2 is 2.10 bits per heavy atom. The van der Waals surface area contributed by atoms with Crippen molar-refractivity contribution in [2.24, 2.45) is 5.73 Å². The molecule has 0 spiro atoms. The predicted octanol–water partition coefficient (Wildman–Crippen LogP) is 2.01. The van der Waals surface area contributed by atoms with Crippen molar-refractivity contribution < 1.29 is 4.42 Å². The van der Waals surface area contributed by atoms with Crippen molar-refractivity contribution in [2.75, 3.05) is 6.54 Å². The molecule has 1 aromatic carbocycles. The number of benzene rings is 1. The third-order valence-corrected chi connectivity index (χ3v) is 3.85.